The Hall–Kier alpha value is -1.60. The van der Waals surface area contributed by atoms with E-state index >= 15 is 0 Å². The number of rotatable bonds is 6. The Labute approximate surface area is 155 Å². The van der Waals surface area contributed by atoms with Crippen molar-refractivity contribution in [1.29, 1.82) is 0 Å². The summed E-state index contributed by atoms with van der Waals surface area (Å²) in [6.45, 7) is -0.700. The van der Waals surface area contributed by atoms with Crippen LogP contribution in [0.25, 0.3) is 12.2 Å². The van der Waals surface area contributed by atoms with E-state index in [0.717, 1.165) is 0 Å². The first-order chi connectivity index (χ1) is 11.4. The number of hydrogen-bond donors (Lipinski definition) is 1. The normalized spacial score (nSPS) is 11.2. The SMILES string of the molecule is CCOc1cc(Br)c(Br)c(C=Cc2ccccc2OC(F)F)c1O. The number of aromatic hydroxyl groups is 1. The quantitative estimate of drug-likeness (QED) is 0.527. The van der Waals surface area contributed by atoms with Crippen molar-refractivity contribution in [3.05, 3.63) is 50.4 Å². The molecule has 0 saturated heterocycles. The molecule has 2 rings (SSSR count). The molecule has 0 radical (unpaired) electrons. The molecule has 0 aliphatic carbocycles. The summed E-state index contributed by atoms with van der Waals surface area (Å²) in [5.41, 5.74) is 0.918. The molecule has 0 unspecified atom stereocenters. The van der Waals surface area contributed by atoms with Crippen molar-refractivity contribution in [3.8, 4) is 17.2 Å². The van der Waals surface area contributed by atoms with Gasteiger partial charge >= 0.3 is 6.61 Å². The number of alkyl halides is 2. The summed E-state index contributed by atoms with van der Waals surface area (Å²) in [6.07, 6.45) is 3.18. The van der Waals surface area contributed by atoms with Crippen molar-refractivity contribution >= 4 is 44.0 Å². The van der Waals surface area contributed by atoms with Crippen LogP contribution in [0.1, 0.15) is 18.1 Å². The van der Waals surface area contributed by atoms with E-state index in [-0.39, 0.29) is 11.5 Å². The molecule has 7 heteroatoms. The molecule has 0 atom stereocenters. The summed E-state index contributed by atoms with van der Waals surface area (Å²) >= 11 is 6.76. The topological polar surface area (TPSA) is 38.7 Å². The van der Waals surface area contributed by atoms with Crippen LogP contribution in [0.2, 0.25) is 0 Å². The maximum atomic E-state index is 12.5. The molecule has 0 spiro atoms. The highest BCUT2D eigenvalue weighted by Crippen LogP contribution is 2.41. The molecule has 2 aromatic rings. The van der Waals surface area contributed by atoms with Gasteiger partial charge in [-0.15, -0.1) is 0 Å². The second-order valence-electron chi connectivity index (χ2n) is 4.62. The predicted molar refractivity (Wildman–Crippen MR) is 96.7 cm³/mol. The van der Waals surface area contributed by atoms with Gasteiger partial charge in [-0.3, -0.25) is 0 Å². The van der Waals surface area contributed by atoms with E-state index in [1.54, 1.807) is 36.4 Å². The van der Waals surface area contributed by atoms with Crippen molar-refractivity contribution < 1.29 is 23.4 Å². The Kier molecular flexibility index (Phi) is 6.62. The zero-order chi connectivity index (χ0) is 17.7. The molecular weight excluding hydrogens is 450 g/mol. The van der Waals surface area contributed by atoms with Crippen molar-refractivity contribution in [2.24, 2.45) is 0 Å². The second-order valence-corrected chi connectivity index (χ2v) is 6.26. The highest BCUT2D eigenvalue weighted by molar-refractivity contribution is 9.13. The molecule has 0 amide bonds. The number of hydrogen-bond acceptors (Lipinski definition) is 3. The zero-order valence-electron chi connectivity index (χ0n) is 12.6. The van der Waals surface area contributed by atoms with E-state index < -0.39 is 6.61 Å². The van der Waals surface area contributed by atoms with Crippen LogP contribution in [0.15, 0.2) is 39.3 Å². The van der Waals surface area contributed by atoms with Crippen molar-refractivity contribution in [1.82, 2.24) is 0 Å². The number of halogens is 4. The van der Waals surface area contributed by atoms with Gasteiger partial charge in [-0.05, 0) is 57.0 Å². The summed E-state index contributed by atoms with van der Waals surface area (Å²) in [5.74, 6) is 0.333. The van der Waals surface area contributed by atoms with Crippen LogP contribution in [0.5, 0.6) is 17.2 Å². The highest BCUT2D eigenvalue weighted by atomic mass is 79.9. The number of benzene rings is 2. The van der Waals surface area contributed by atoms with Crippen LogP contribution in [0, 0.1) is 0 Å². The first-order valence-electron chi connectivity index (χ1n) is 6.99. The number of phenols is 1. The maximum absolute atomic E-state index is 12.5. The van der Waals surface area contributed by atoms with Gasteiger partial charge < -0.3 is 14.6 Å². The second kappa shape index (κ2) is 8.48. The van der Waals surface area contributed by atoms with Crippen LogP contribution in [0.3, 0.4) is 0 Å². The molecule has 0 fully saturated rings. The Morgan fingerprint density at radius 2 is 1.88 bits per heavy atom. The molecule has 3 nitrogen and oxygen atoms in total. The van der Waals surface area contributed by atoms with Gasteiger partial charge in [0.1, 0.15) is 5.75 Å². The van der Waals surface area contributed by atoms with Gasteiger partial charge in [0, 0.05) is 20.1 Å². The number of phenolic OH excluding ortho intramolecular Hbond substituents is 1. The summed E-state index contributed by atoms with van der Waals surface area (Å²) in [7, 11) is 0. The monoisotopic (exact) mass is 462 g/mol. The van der Waals surface area contributed by atoms with E-state index in [2.05, 4.69) is 36.6 Å². The molecule has 0 heterocycles. The van der Waals surface area contributed by atoms with Crippen LogP contribution in [0.4, 0.5) is 8.78 Å². The lowest BCUT2D eigenvalue weighted by Gasteiger charge is -2.12. The lowest BCUT2D eigenvalue weighted by atomic mass is 10.1. The van der Waals surface area contributed by atoms with Crippen molar-refractivity contribution in [2.75, 3.05) is 6.61 Å². The summed E-state index contributed by atoms with van der Waals surface area (Å²) in [6, 6.07) is 8.05. The molecule has 0 saturated carbocycles. The molecule has 0 aliphatic rings. The number of ether oxygens (including phenoxy) is 2. The van der Waals surface area contributed by atoms with E-state index in [1.807, 2.05) is 6.92 Å². The third kappa shape index (κ3) is 4.48. The Balaban J connectivity index is 2.43. The Morgan fingerprint density at radius 1 is 1.17 bits per heavy atom. The van der Waals surface area contributed by atoms with E-state index in [9.17, 15) is 13.9 Å². The van der Waals surface area contributed by atoms with E-state index in [4.69, 9.17) is 4.74 Å². The van der Waals surface area contributed by atoms with E-state index in [1.165, 1.54) is 6.07 Å². The van der Waals surface area contributed by atoms with Gasteiger partial charge in [0.2, 0.25) is 0 Å². The lowest BCUT2D eigenvalue weighted by Crippen LogP contribution is -2.02. The standard InChI is InChI=1S/C17H14Br2F2O3/c1-2-23-14-9-12(18)15(19)11(16(14)22)8-7-10-5-3-4-6-13(10)24-17(20)21/h3-9,17,22H,2H2,1H3. The molecule has 0 bridgehead atoms. The molecule has 0 aliphatic heterocycles. The number of para-hydroxylation sites is 1. The van der Waals surface area contributed by atoms with Gasteiger partial charge in [-0.2, -0.15) is 8.78 Å². The Morgan fingerprint density at radius 3 is 2.54 bits per heavy atom. The lowest BCUT2D eigenvalue weighted by molar-refractivity contribution is -0.0499. The first kappa shape index (κ1) is 18.7. The largest absolute Gasteiger partial charge is 0.504 e. The van der Waals surface area contributed by atoms with Gasteiger partial charge in [0.15, 0.2) is 11.5 Å². The average Bonchev–Trinajstić information content (AvgIpc) is 2.53. The zero-order valence-corrected chi connectivity index (χ0v) is 15.8. The molecular formula is C17H14Br2F2O3. The minimum absolute atomic E-state index is 0.0459. The van der Waals surface area contributed by atoms with E-state index in [0.29, 0.717) is 32.4 Å². The molecule has 1 N–H and O–H groups in total. The summed E-state index contributed by atoms with van der Waals surface area (Å²) < 4.78 is 36.1. The van der Waals surface area contributed by atoms with Crippen LogP contribution in [-0.4, -0.2) is 18.3 Å². The van der Waals surface area contributed by atoms with Crippen LogP contribution < -0.4 is 9.47 Å². The van der Waals surface area contributed by atoms with Gasteiger partial charge in [-0.1, -0.05) is 24.3 Å². The average molecular weight is 464 g/mol. The third-order valence-corrected chi connectivity index (χ3v) is 5.07. The first-order valence-corrected chi connectivity index (χ1v) is 8.58. The molecule has 0 aromatic heterocycles. The smallest absolute Gasteiger partial charge is 0.387 e. The minimum atomic E-state index is -2.91. The molecule has 2 aromatic carbocycles. The summed E-state index contributed by atoms with van der Waals surface area (Å²) in [5, 5.41) is 10.3. The fraction of sp³-hybridized carbons (Fsp3) is 0.176. The van der Waals surface area contributed by atoms with Crippen LogP contribution >= 0.6 is 31.9 Å². The Bertz CT molecular complexity index is 749. The fourth-order valence-electron chi connectivity index (χ4n) is 2.02. The van der Waals surface area contributed by atoms with Gasteiger partial charge in [0.05, 0.1) is 6.61 Å². The highest BCUT2D eigenvalue weighted by Gasteiger charge is 2.14. The van der Waals surface area contributed by atoms with Crippen LogP contribution in [-0.2, 0) is 0 Å². The summed E-state index contributed by atoms with van der Waals surface area (Å²) in [4.78, 5) is 0. The minimum Gasteiger partial charge on any atom is -0.504 e. The fourth-order valence-corrected chi connectivity index (χ4v) is 2.88. The van der Waals surface area contributed by atoms with Crippen molar-refractivity contribution in [3.63, 3.8) is 0 Å². The van der Waals surface area contributed by atoms with Gasteiger partial charge in [-0.25, -0.2) is 0 Å². The predicted octanol–water partition coefficient (Wildman–Crippen LogP) is 6.09. The molecule has 24 heavy (non-hydrogen) atoms. The molecule has 128 valence electrons. The van der Waals surface area contributed by atoms with Crippen molar-refractivity contribution in [2.45, 2.75) is 13.5 Å². The third-order valence-electron chi connectivity index (χ3n) is 3.06. The van der Waals surface area contributed by atoms with Gasteiger partial charge in [0.25, 0.3) is 0 Å². The maximum Gasteiger partial charge on any atom is 0.387 e.